The van der Waals surface area contributed by atoms with Crippen LogP contribution in [0.15, 0.2) is 0 Å². The van der Waals surface area contributed by atoms with Crippen LogP contribution in [-0.4, -0.2) is 47.9 Å². The molecule has 2 aliphatic rings. The summed E-state index contributed by atoms with van der Waals surface area (Å²) >= 11 is 0. The maximum atomic E-state index is 12.6. The highest BCUT2D eigenvalue weighted by Gasteiger charge is 2.42. The van der Waals surface area contributed by atoms with Crippen molar-refractivity contribution in [1.29, 1.82) is 0 Å². The first-order valence-corrected chi connectivity index (χ1v) is 8.61. The number of esters is 1. The third kappa shape index (κ3) is 3.85. The van der Waals surface area contributed by atoms with Crippen LogP contribution >= 0.6 is 0 Å². The second-order valence-electron chi connectivity index (χ2n) is 6.95. The van der Waals surface area contributed by atoms with Gasteiger partial charge >= 0.3 is 5.97 Å². The molecule has 130 valence electrons. The Labute approximate surface area is 137 Å². The molecule has 2 unspecified atom stereocenters. The smallest absolute Gasteiger partial charge is 0.331 e. The molecule has 1 N–H and O–H groups in total. The van der Waals surface area contributed by atoms with E-state index in [1.54, 1.807) is 6.92 Å². The van der Waals surface area contributed by atoms with Gasteiger partial charge < -0.3 is 15.0 Å². The van der Waals surface area contributed by atoms with Crippen molar-refractivity contribution in [2.45, 2.75) is 70.4 Å². The van der Waals surface area contributed by atoms with Gasteiger partial charge in [0, 0.05) is 19.0 Å². The molecule has 2 fully saturated rings. The second kappa shape index (κ2) is 7.32. The SMILES string of the molecule is CCCC(C)(NC(=O)C1CC(=O)N(C2CCCC2)C1)C(=O)OC. The zero-order chi connectivity index (χ0) is 17.0. The topological polar surface area (TPSA) is 75.7 Å². The number of hydrogen-bond donors (Lipinski definition) is 1. The van der Waals surface area contributed by atoms with Gasteiger partial charge in [-0.25, -0.2) is 4.79 Å². The molecule has 1 aliphatic heterocycles. The van der Waals surface area contributed by atoms with Crippen molar-refractivity contribution in [2.75, 3.05) is 13.7 Å². The highest BCUT2D eigenvalue weighted by atomic mass is 16.5. The average Bonchev–Trinajstić information content (AvgIpc) is 3.15. The maximum Gasteiger partial charge on any atom is 0.331 e. The van der Waals surface area contributed by atoms with Crippen LogP contribution < -0.4 is 5.32 Å². The van der Waals surface area contributed by atoms with Gasteiger partial charge in [0.2, 0.25) is 11.8 Å². The Bertz CT molecular complexity index is 473. The van der Waals surface area contributed by atoms with Gasteiger partial charge in [0.25, 0.3) is 0 Å². The predicted octanol–water partition coefficient (Wildman–Crippen LogP) is 1.63. The fraction of sp³-hybridized carbons (Fsp3) is 0.824. The Kier molecular flexibility index (Phi) is 5.65. The molecule has 2 rings (SSSR count). The van der Waals surface area contributed by atoms with Gasteiger partial charge in [0.05, 0.1) is 13.0 Å². The summed E-state index contributed by atoms with van der Waals surface area (Å²) in [6, 6.07) is 0.294. The number of carbonyl (C=O) groups excluding carboxylic acids is 3. The van der Waals surface area contributed by atoms with Crippen LogP contribution in [0, 0.1) is 5.92 Å². The predicted molar refractivity (Wildman–Crippen MR) is 85.5 cm³/mol. The first-order valence-electron chi connectivity index (χ1n) is 8.61. The van der Waals surface area contributed by atoms with E-state index in [9.17, 15) is 14.4 Å². The maximum absolute atomic E-state index is 12.6. The van der Waals surface area contributed by atoms with E-state index in [0.717, 1.165) is 32.1 Å². The number of carbonyl (C=O) groups is 3. The number of amides is 2. The van der Waals surface area contributed by atoms with Gasteiger partial charge in [-0.05, 0) is 26.2 Å². The molecule has 0 radical (unpaired) electrons. The molecule has 2 atom stereocenters. The van der Waals surface area contributed by atoms with E-state index in [1.165, 1.54) is 7.11 Å². The van der Waals surface area contributed by atoms with E-state index in [4.69, 9.17) is 4.74 Å². The van der Waals surface area contributed by atoms with Crippen LogP contribution in [0.4, 0.5) is 0 Å². The zero-order valence-electron chi connectivity index (χ0n) is 14.4. The Morgan fingerprint density at radius 1 is 1.35 bits per heavy atom. The van der Waals surface area contributed by atoms with Gasteiger partial charge in [-0.3, -0.25) is 9.59 Å². The average molecular weight is 324 g/mol. The summed E-state index contributed by atoms with van der Waals surface area (Å²) in [5.74, 6) is -0.971. The largest absolute Gasteiger partial charge is 0.467 e. The molecule has 1 saturated heterocycles. The summed E-state index contributed by atoms with van der Waals surface area (Å²) in [5, 5.41) is 2.83. The third-order valence-electron chi connectivity index (χ3n) is 5.08. The standard InChI is InChI=1S/C17H28N2O4/c1-4-9-17(2,16(22)23-3)18-15(21)12-10-14(20)19(11-12)13-7-5-6-8-13/h12-13H,4-11H2,1-3H3,(H,18,21). The molecule has 0 spiro atoms. The van der Waals surface area contributed by atoms with E-state index >= 15 is 0 Å². The van der Waals surface area contributed by atoms with Gasteiger partial charge in [-0.2, -0.15) is 0 Å². The van der Waals surface area contributed by atoms with Crippen molar-refractivity contribution in [3.05, 3.63) is 0 Å². The highest BCUT2D eigenvalue weighted by Crippen LogP contribution is 2.30. The molecule has 0 aromatic rings. The van der Waals surface area contributed by atoms with Crippen LogP contribution in [0.3, 0.4) is 0 Å². The van der Waals surface area contributed by atoms with Gasteiger partial charge in [0.1, 0.15) is 5.54 Å². The number of nitrogens with one attached hydrogen (secondary N) is 1. The summed E-state index contributed by atoms with van der Waals surface area (Å²) in [4.78, 5) is 38.6. The molecule has 1 aliphatic carbocycles. The number of ether oxygens (including phenoxy) is 1. The Morgan fingerprint density at radius 2 is 2.00 bits per heavy atom. The van der Waals surface area contributed by atoms with Gasteiger partial charge in [0.15, 0.2) is 0 Å². The lowest BCUT2D eigenvalue weighted by Crippen LogP contribution is -2.54. The fourth-order valence-corrected chi connectivity index (χ4v) is 3.79. The molecule has 0 bridgehead atoms. The molecule has 6 heteroatoms. The second-order valence-corrected chi connectivity index (χ2v) is 6.95. The summed E-state index contributed by atoms with van der Waals surface area (Å²) in [7, 11) is 1.32. The zero-order valence-corrected chi connectivity index (χ0v) is 14.4. The van der Waals surface area contributed by atoms with Crippen LogP contribution in [0.5, 0.6) is 0 Å². The van der Waals surface area contributed by atoms with Gasteiger partial charge in [-0.15, -0.1) is 0 Å². The number of nitrogens with zero attached hydrogens (tertiary/aromatic N) is 1. The Balaban J connectivity index is 2.00. The van der Waals surface area contributed by atoms with Crippen LogP contribution in [-0.2, 0) is 19.1 Å². The molecule has 0 aromatic carbocycles. The summed E-state index contributed by atoms with van der Waals surface area (Å²) < 4.78 is 4.82. The lowest BCUT2D eigenvalue weighted by molar-refractivity contribution is -0.151. The lowest BCUT2D eigenvalue weighted by atomic mass is 9.94. The van der Waals surface area contributed by atoms with Crippen molar-refractivity contribution in [3.63, 3.8) is 0 Å². The normalized spacial score (nSPS) is 24.6. The molecular weight excluding hydrogens is 296 g/mol. The summed E-state index contributed by atoms with van der Waals surface area (Å²) in [6.45, 7) is 4.11. The molecule has 23 heavy (non-hydrogen) atoms. The summed E-state index contributed by atoms with van der Waals surface area (Å²) in [6.07, 6.45) is 5.89. The molecular formula is C17H28N2O4. The number of likely N-dealkylation sites (tertiary alicyclic amines) is 1. The molecule has 1 saturated carbocycles. The first-order chi connectivity index (χ1) is 10.9. The highest BCUT2D eigenvalue weighted by molar-refractivity contribution is 5.93. The van der Waals surface area contributed by atoms with E-state index in [1.807, 2.05) is 11.8 Å². The number of rotatable bonds is 6. The van der Waals surface area contributed by atoms with E-state index in [0.29, 0.717) is 19.0 Å². The van der Waals surface area contributed by atoms with Crippen LogP contribution in [0.25, 0.3) is 0 Å². The Hall–Kier alpha value is -1.59. The lowest BCUT2D eigenvalue weighted by Gasteiger charge is -2.29. The minimum atomic E-state index is -1.02. The summed E-state index contributed by atoms with van der Waals surface area (Å²) in [5.41, 5.74) is -1.02. The molecule has 2 amide bonds. The van der Waals surface area contributed by atoms with E-state index in [-0.39, 0.29) is 24.2 Å². The molecule has 6 nitrogen and oxygen atoms in total. The van der Waals surface area contributed by atoms with Crippen molar-refractivity contribution in [2.24, 2.45) is 5.92 Å². The van der Waals surface area contributed by atoms with Crippen molar-refractivity contribution in [1.82, 2.24) is 10.2 Å². The number of hydrogen-bond acceptors (Lipinski definition) is 4. The van der Waals surface area contributed by atoms with Crippen LogP contribution in [0.2, 0.25) is 0 Å². The van der Waals surface area contributed by atoms with E-state index < -0.39 is 11.5 Å². The Morgan fingerprint density at radius 3 is 2.57 bits per heavy atom. The van der Waals surface area contributed by atoms with Crippen LogP contribution in [0.1, 0.15) is 58.8 Å². The van der Waals surface area contributed by atoms with Crippen molar-refractivity contribution < 1.29 is 19.1 Å². The van der Waals surface area contributed by atoms with E-state index in [2.05, 4.69) is 5.32 Å². The fourth-order valence-electron chi connectivity index (χ4n) is 3.79. The number of methoxy groups -OCH3 is 1. The minimum absolute atomic E-state index is 0.0623. The third-order valence-corrected chi connectivity index (χ3v) is 5.08. The molecule has 1 heterocycles. The quantitative estimate of drug-likeness (QED) is 0.753. The first kappa shape index (κ1) is 17.8. The monoisotopic (exact) mass is 324 g/mol. The van der Waals surface area contributed by atoms with Crippen molar-refractivity contribution in [3.8, 4) is 0 Å². The molecule has 0 aromatic heterocycles. The van der Waals surface area contributed by atoms with Gasteiger partial charge in [-0.1, -0.05) is 26.2 Å². The van der Waals surface area contributed by atoms with Crippen molar-refractivity contribution >= 4 is 17.8 Å². The minimum Gasteiger partial charge on any atom is -0.467 e.